The SMILES string of the molecule is COCCCn1c(CN2CCCC2c2ccccc2OC)cnc1S(C)(=O)=O. The van der Waals surface area contributed by atoms with Crippen LogP contribution in [-0.4, -0.2) is 56.5 Å². The highest BCUT2D eigenvalue weighted by Gasteiger charge is 2.30. The zero-order chi connectivity index (χ0) is 20.1. The minimum atomic E-state index is -3.39. The first-order chi connectivity index (χ1) is 13.5. The Hall–Kier alpha value is -1.90. The average Bonchev–Trinajstić information content (AvgIpc) is 3.29. The molecule has 0 radical (unpaired) electrons. The quantitative estimate of drug-likeness (QED) is 0.595. The maximum atomic E-state index is 12.2. The molecule has 1 unspecified atom stereocenters. The van der Waals surface area contributed by atoms with Crippen LogP contribution in [0.5, 0.6) is 5.75 Å². The molecule has 8 heteroatoms. The van der Waals surface area contributed by atoms with Gasteiger partial charge < -0.3 is 14.0 Å². The number of para-hydroxylation sites is 1. The van der Waals surface area contributed by atoms with E-state index in [2.05, 4.69) is 16.0 Å². The van der Waals surface area contributed by atoms with Gasteiger partial charge in [-0.25, -0.2) is 13.4 Å². The minimum Gasteiger partial charge on any atom is -0.496 e. The molecule has 1 aliphatic rings. The van der Waals surface area contributed by atoms with Gasteiger partial charge in [0.25, 0.3) is 0 Å². The van der Waals surface area contributed by atoms with Crippen molar-refractivity contribution in [2.24, 2.45) is 0 Å². The fraction of sp³-hybridized carbons (Fsp3) is 0.550. The van der Waals surface area contributed by atoms with Gasteiger partial charge in [0.15, 0.2) is 0 Å². The van der Waals surface area contributed by atoms with Crippen molar-refractivity contribution in [3.8, 4) is 5.75 Å². The number of rotatable bonds is 9. The normalized spacial score (nSPS) is 17.9. The Bertz CT molecular complexity index is 895. The van der Waals surface area contributed by atoms with Crippen LogP contribution < -0.4 is 4.74 Å². The third-order valence-electron chi connectivity index (χ3n) is 5.19. The molecule has 0 saturated carbocycles. The predicted molar refractivity (Wildman–Crippen MR) is 107 cm³/mol. The molecule has 2 aromatic rings. The molecule has 3 rings (SSSR count). The van der Waals surface area contributed by atoms with Crippen molar-refractivity contribution in [3.05, 3.63) is 41.7 Å². The lowest BCUT2D eigenvalue weighted by molar-refractivity contribution is 0.187. The Morgan fingerprint density at radius 1 is 1.25 bits per heavy atom. The zero-order valence-electron chi connectivity index (χ0n) is 16.8. The number of imidazole rings is 1. The Kier molecular flexibility index (Phi) is 6.74. The number of aromatic nitrogens is 2. The van der Waals surface area contributed by atoms with Crippen molar-refractivity contribution in [1.29, 1.82) is 0 Å². The Balaban J connectivity index is 1.86. The molecule has 1 atom stereocenters. The Labute approximate surface area is 167 Å². The first-order valence-corrected chi connectivity index (χ1v) is 11.4. The van der Waals surface area contributed by atoms with E-state index in [0.717, 1.165) is 37.3 Å². The maximum Gasteiger partial charge on any atom is 0.227 e. The molecule has 154 valence electrons. The summed E-state index contributed by atoms with van der Waals surface area (Å²) in [7, 11) is -0.0442. The van der Waals surface area contributed by atoms with Gasteiger partial charge in [0.05, 0.1) is 19.0 Å². The Morgan fingerprint density at radius 3 is 2.75 bits per heavy atom. The summed E-state index contributed by atoms with van der Waals surface area (Å²) < 4.78 is 36.8. The smallest absolute Gasteiger partial charge is 0.227 e. The summed E-state index contributed by atoms with van der Waals surface area (Å²) in [5.74, 6) is 0.893. The number of sulfone groups is 1. The second-order valence-electron chi connectivity index (χ2n) is 7.17. The predicted octanol–water partition coefficient (Wildman–Crippen LogP) is 2.67. The number of methoxy groups -OCH3 is 2. The summed E-state index contributed by atoms with van der Waals surface area (Å²) in [4.78, 5) is 6.61. The lowest BCUT2D eigenvalue weighted by Crippen LogP contribution is -2.25. The number of benzene rings is 1. The van der Waals surface area contributed by atoms with Crippen LogP contribution in [0, 0.1) is 0 Å². The molecule has 1 aliphatic heterocycles. The first-order valence-electron chi connectivity index (χ1n) is 9.56. The van der Waals surface area contributed by atoms with Gasteiger partial charge in [0, 0.05) is 44.7 Å². The number of nitrogens with zero attached hydrogens (tertiary/aromatic N) is 3. The zero-order valence-corrected chi connectivity index (χ0v) is 17.6. The number of likely N-dealkylation sites (tertiary alicyclic amines) is 1. The van der Waals surface area contributed by atoms with Crippen LogP contribution in [0.15, 0.2) is 35.6 Å². The van der Waals surface area contributed by atoms with E-state index in [4.69, 9.17) is 9.47 Å². The van der Waals surface area contributed by atoms with Crippen LogP contribution in [-0.2, 0) is 27.7 Å². The lowest BCUT2D eigenvalue weighted by Gasteiger charge is -2.26. The van der Waals surface area contributed by atoms with Crippen LogP contribution in [0.4, 0.5) is 0 Å². The highest BCUT2D eigenvalue weighted by atomic mass is 32.2. The number of ether oxygens (including phenoxy) is 2. The van der Waals surface area contributed by atoms with Gasteiger partial charge in [-0.1, -0.05) is 18.2 Å². The molecular formula is C20H29N3O4S. The average molecular weight is 408 g/mol. The lowest BCUT2D eigenvalue weighted by atomic mass is 10.0. The molecular weight excluding hydrogens is 378 g/mol. The van der Waals surface area contributed by atoms with Crippen LogP contribution in [0.2, 0.25) is 0 Å². The molecule has 1 saturated heterocycles. The number of hydrogen-bond donors (Lipinski definition) is 0. The third kappa shape index (κ3) is 4.56. The fourth-order valence-electron chi connectivity index (χ4n) is 3.94. The molecule has 0 aliphatic carbocycles. The molecule has 1 aromatic carbocycles. The molecule has 0 spiro atoms. The minimum absolute atomic E-state index is 0.131. The van der Waals surface area contributed by atoms with Crippen molar-refractivity contribution < 1.29 is 17.9 Å². The highest BCUT2D eigenvalue weighted by Crippen LogP contribution is 2.37. The van der Waals surface area contributed by atoms with E-state index < -0.39 is 9.84 Å². The monoisotopic (exact) mass is 407 g/mol. The molecule has 1 fully saturated rings. The topological polar surface area (TPSA) is 73.7 Å². The van der Waals surface area contributed by atoms with E-state index in [1.807, 2.05) is 22.8 Å². The van der Waals surface area contributed by atoms with Crippen LogP contribution in [0.25, 0.3) is 0 Å². The summed E-state index contributed by atoms with van der Waals surface area (Å²) in [6.07, 6.45) is 5.79. The van der Waals surface area contributed by atoms with Gasteiger partial charge in [-0.3, -0.25) is 4.90 Å². The molecule has 1 aromatic heterocycles. The van der Waals surface area contributed by atoms with E-state index in [-0.39, 0.29) is 11.2 Å². The van der Waals surface area contributed by atoms with Crippen molar-refractivity contribution in [2.75, 3.05) is 33.6 Å². The maximum absolute atomic E-state index is 12.2. The third-order valence-corrected chi connectivity index (χ3v) is 6.18. The second kappa shape index (κ2) is 9.07. The summed E-state index contributed by atoms with van der Waals surface area (Å²) in [6.45, 7) is 2.76. The largest absolute Gasteiger partial charge is 0.496 e. The van der Waals surface area contributed by atoms with Crippen LogP contribution in [0.1, 0.15) is 36.6 Å². The summed E-state index contributed by atoms with van der Waals surface area (Å²) >= 11 is 0. The van der Waals surface area contributed by atoms with Crippen molar-refractivity contribution in [3.63, 3.8) is 0 Å². The van der Waals surface area contributed by atoms with E-state index in [0.29, 0.717) is 19.7 Å². The van der Waals surface area contributed by atoms with Crippen LogP contribution in [0.3, 0.4) is 0 Å². The number of hydrogen-bond acceptors (Lipinski definition) is 6. The first kappa shape index (κ1) is 20.8. The van der Waals surface area contributed by atoms with Gasteiger partial charge in [0.2, 0.25) is 15.0 Å². The van der Waals surface area contributed by atoms with Gasteiger partial charge in [-0.15, -0.1) is 0 Å². The van der Waals surface area contributed by atoms with Crippen molar-refractivity contribution in [1.82, 2.24) is 14.5 Å². The molecule has 0 amide bonds. The fourth-order valence-corrected chi connectivity index (χ4v) is 4.79. The molecule has 0 bridgehead atoms. The van der Waals surface area contributed by atoms with E-state index in [9.17, 15) is 8.42 Å². The van der Waals surface area contributed by atoms with E-state index in [1.54, 1.807) is 20.4 Å². The standard InChI is InChI=1S/C20H29N3O4S/c1-26-13-7-12-23-16(14-21-20(23)28(3,24)25)15-22-11-6-9-18(22)17-8-4-5-10-19(17)27-2/h4-5,8,10,14,18H,6-7,9,11-13,15H2,1-3H3. The molecule has 0 N–H and O–H groups in total. The molecule has 28 heavy (non-hydrogen) atoms. The van der Waals surface area contributed by atoms with Gasteiger partial charge >= 0.3 is 0 Å². The van der Waals surface area contributed by atoms with Crippen molar-refractivity contribution in [2.45, 2.75) is 43.6 Å². The highest BCUT2D eigenvalue weighted by molar-refractivity contribution is 7.90. The Morgan fingerprint density at radius 2 is 2.04 bits per heavy atom. The summed E-state index contributed by atoms with van der Waals surface area (Å²) in [5.41, 5.74) is 2.09. The van der Waals surface area contributed by atoms with Gasteiger partial charge in [0.1, 0.15) is 5.75 Å². The summed E-state index contributed by atoms with van der Waals surface area (Å²) in [6, 6.07) is 8.36. The van der Waals surface area contributed by atoms with E-state index in [1.165, 1.54) is 11.8 Å². The van der Waals surface area contributed by atoms with Gasteiger partial charge in [-0.05, 0) is 31.9 Å². The van der Waals surface area contributed by atoms with Crippen molar-refractivity contribution >= 4 is 9.84 Å². The van der Waals surface area contributed by atoms with Crippen LogP contribution >= 0.6 is 0 Å². The van der Waals surface area contributed by atoms with E-state index >= 15 is 0 Å². The van der Waals surface area contributed by atoms with Gasteiger partial charge in [-0.2, -0.15) is 0 Å². The molecule has 7 nitrogen and oxygen atoms in total. The summed E-state index contributed by atoms with van der Waals surface area (Å²) in [5, 5.41) is 0.131. The molecule has 2 heterocycles. The second-order valence-corrected chi connectivity index (χ2v) is 9.08.